The summed E-state index contributed by atoms with van der Waals surface area (Å²) >= 11 is 0. The Morgan fingerprint density at radius 2 is 0.955 bits per heavy atom. The lowest BCUT2D eigenvalue weighted by atomic mass is 9.98. The van der Waals surface area contributed by atoms with Crippen LogP contribution in [0, 0.1) is 0 Å². The number of aliphatic imine (C=N–C) groups is 2. The van der Waals surface area contributed by atoms with Crippen molar-refractivity contribution in [3.8, 4) is 22.3 Å². The third kappa shape index (κ3) is 4.67. The van der Waals surface area contributed by atoms with Crippen molar-refractivity contribution in [2.45, 2.75) is 6.17 Å². The third-order valence-electron chi connectivity index (χ3n) is 8.38. The lowest BCUT2D eigenvalue weighted by Crippen LogP contribution is -2.35. The molecule has 2 aliphatic rings. The summed E-state index contributed by atoms with van der Waals surface area (Å²) in [5, 5.41) is 0. The zero-order valence-corrected chi connectivity index (χ0v) is 24.4. The van der Waals surface area contributed by atoms with Crippen molar-refractivity contribution in [3.63, 3.8) is 0 Å². The van der Waals surface area contributed by atoms with Crippen LogP contribution in [-0.4, -0.2) is 23.6 Å². The molecule has 2 heterocycles. The van der Waals surface area contributed by atoms with Crippen molar-refractivity contribution < 1.29 is 0 Å². The van der Waals surface area contributed by atoms with E-state index in [4.69, 9.17) is 9.98 Å². The summed E-state index contributed by atoms with van der Waals surface area (Å²) < 4.78 is 0. The van der Waals surface area contributed by atoms with E-state index >= 15 is 0 Å². The fourth-order valence-corrected chi connectivity index (χ4v) is 6.21. The first-order chi connectivity index (χ1) is 21.7. The molecule has 0 aliphatic carbocycles. The van der Waals surface area contributed by atoms with Gasteiger partial charge in [0.25, 0.3) is 0 Å². The molecule has 210 valence electrons. The van der Waals surface area contributed by atoms with Crippen LogP contribution in [0.2, 0.25) is 0 Å². The van der Waals surface area contributed by atoms with Gasteiger partial charge in [0.1, 0.15) is 5.84 Å². The van der Waals surface area contributed by atoms with Gasteiger partial charge in [-0.15, -0.1) is 0 Å². The second-order valence-electron chi connectivity index (χ2n) is 11.2. The van der Waals surface area contributed by atoms with Gasteiger partial charge >= 0.3 is 0 Å². The maximum absolute atomic E-state index is 5.28. The van der Waals surface area contributed by atoms with E-state index in [1.165, 1.54) is 0 Å². The maximum atomic E-state index is 5.28. The predicted molar refractivity (Wildman–Crippen MR) is 182 cm³/mol. The van der Waals surface area contributed by atoms with E-state index in [-0.39, 0.29) is 6.17 Å². The van der Waals surface area contributed by atoms with Gasteiger partial charge in [-0.05, 0) is 76.3 Å². The minimum atomic E-state index is -0.235. The molecule has 0 spiro atoms. The first-order valence-electron chi connectivity index (χ1n) is 14.9. The number of hydrogen-bond donors (Lipinski definition) is 0. The average molecular weight is 567 g/mol. The number of nitrogens with zero attached hydrogens (tertiary/aromatic N) is 4. The molecule has 0 radical (unpaired) electrons. The molecule has 6 aromatic carbocycles. The Balaban J connectivity index is 1.39. The topological polar surface area (TPSA) is 31.2 Å². The van der Waals surface area contributed by atoms with Crippen LogP contribution >= 0.6 is 0 Å². The first-order valence-corrected chi connectivity index (χ1v) is 14.9. The number of benzene rings is 6. The summed E-state index contributed by atoms with van der Waals surface area (Å²) in [6.45, 7) is 0. The van der Waals surface area contributed by atoms with E-state index in [9.17, 15) is 0 Å². The van der Waals surface area contributed by atoms with E-state index in [1.54, 1.807) is 0 Å². The molecule has 0 fully saturated rings. The zero-order chi connectivity index (χ0) is 29.5. The fraction of sp³-hybridized carbons (Fsp3) is 0.0500. The van der Waals surface area contributed by atoms with Gasteiger partial charge in [-0.3, -0.25) is 0 Å². The highest BCUT2D eigenvalue weighted by atomic mass is 15.3. The van der Waals surface area contributed by atoms with Gasteiger partial charge in [-0.2, -0.15) is 0 Å². The molecular weight excluding hydrogens is 536 g/mol. The van der Waals surface area contributed by atoms with Crippen LogP contribution in [0.5, 0.6) is 0 Å². The smallest absolute Gasteiger partial charge is 0.159 e. The molecule has 1 atom stereocenters. The summed E-state index contributed by atoms with van der Waals surface area (Å²) in [6.07, 6.45) is -0.235. The second kappa shape index (κ2) is 10.8. The van der Waals surface area contributed by atoms with E-state index in [0.717, 1.165) is 67.7 Å². The number of fused-ring (bicyclic) bond motifs is 13. The molecule has 0 saturated carbocycles. The zero-order valence-electron chi connectivity index (χ0n) is 24.4. The Kier molecular flexibility index (Phi) is 6.38. The van der Waals surface area contributed by atoms with Crippen LogP contribution in [0.4, 0.5) is 17.1 Å². The van der Waals surface area contributed by atoms with E-state index in [1.807, 2.05) is 6.07 Å². The molecule has 1 unspecified atom stereocenters. The van der Waals surface area contributed by atoms with Gasteiger partial charge in [0.15, 0.2) is 12.0 Å². The molecule has 8 rings (SSSR count). The van der Waals surface area contributed by atoms with Crippen molar-refractivity contribution in [1.29, 1.82) is 0 Å². The summed E-state index contributed by atoms with van der Waals surface area (Å²) in [5.74, 6) is 1.63. The first kappa shape index (κ1) is 25.9. The highest BCUT2D eigenvalue weighted by molar-refractivity contribution is 6.13. The highest BCUT2D eigenvalue weighted by Crippen LogP contribution is 2.39. The van der Waals surface area contributed by atoms with Crippen LogP contribution in [0.1, 0.15) is 22.9 Å². The number of para-hydroxylation sites is 1. The van der Waals surface area contributed by atoms with Crippen LogP contribution in [-0.2, 0) is 0 Å². The van der Waals surface area contributed by atoms with Crippen molar-refractivity contribution >= 4 is 28.7 Å². The molecule has 0 N–H and O–H groups in total. The minimum absolute atomic E-state index is 0.235. The predicted octanol–water partition coefficient (Wildman–Crippen LogP) is 9.64. The molecule has 2 aliphatic heterocycles. The number of anilines is 3. The van der Waals surface area contributed by atoms with Gasteiger partial charge in [0, 0.05) is 35.2 Å². The minimum Gasteiger partial charge on any atom is -0.333 e. The number of amidine groups is 2. The largest absolute Gasteiger partial charge is 0.333 e. The SMILES string of the molecule is CN1C(c2ccccc2)=NC2=NC1c1cccc(c1)-c1cccc(c1)N(c1ccccc1)c1cccc(c1)-c1cccc2c1. The lowest BCUT2D eigenvalue weighted by molar-refractivity contribution is 0.383. The van der Waals surface area contributed by atoms with Gasteiger partial charge < -0.3 is 9.80 Å². The average Bonchev–Trinajstić information content (AvgIpc) is 3.09. The van der Waals surface area contributed by atoms with Gasteiger partial charge in [-0.25, -0.2) is 9.98 Å². The standard InChI is InChI=1S/C40H30N4/c1-43-39(28-12-4-2-5-13-28)41-38-33-18-8-14-29(24-33)31-16-10-22-36(26-31)44(35-20-6-3-7-21-35)37-23-11-17-32(27-37)30-15-9-19-34(25-30)40(43)42-38/h2-27,40H,1H3. The van der Waals surface area contributed by atoms with Crippen LogP contribution in [0.3, 0.4) is 0 Å². The Morgan fingerprint density at radius 1 is 0.455 bits per heavy atom. The Morgan fingerprint density at radius 3 is 1.64 bits per heavy atom. The lowest BCUT2D eigenvalue weighted by Gasteiger charge is -2.33. The van der Waals surface area contributed by atoms with E-state index in [0.29, 0.717) is 0 Å². The third-order valence-corrected chi connectivity index (χ3v) is 8.38. The molecule has 4 nitrogen and oxygen atoms in total. The van der Waals surface area contributed by atoms with Gasteiger partial charge in [-0.1, -0.05) is 109 Å². The molecule has 0 aromatic heterocycles. The molecule has 0 amide bonds. The quantitative estimate of drug-likeness (QED) is 0.209. The normalized spacial score (nSPS) is 15.3. The Labute approximate surface area is 257 Å². The molecule has 4 heteroatoms. The summed E-state index contributed by atoms with van der Waals surface area (Å²) in [6, 6.07) is 55.9. The molecule has 10 bridgehead atoms. The molecule has 6 aromatic rings. The van der Waals surface area contributed by atoms with E-state index in [2.05, 4.69) is 169 Å². The number of rotatable bonds is 2. The van der Waals surface area contributed by atoms with Gasteiger partial charge in [0.05, 0.1) is 0 Å². The van der Waals surface area contributed by atoms with Crippen molar-refractivity contribution in [3.05, 3.63) is 174 Å². The molecule has 44 heavy (non-hydrogen) atoms. The summed E-state index contributed by atoms with van der Waals surface area (Å²) in [4.78, 5) is 14.9. The molecule has 0 saturated heterocycles. The van der Waals surface area contributed by atoms with Crippen LogP contribution < -0.4 is 4.90 Å². The van der Waals surface area contributed by atoms with Crippen molar-refractivity contribution in [2.75, 3.05) is 11.9 Å². The van der Waals surface area contributed by atoms with Crippen LogP contribution in [0.25, 0.3) is 22.3 Å². The Bertz CT molecular complexity index is 2050. The summed E-state index contributed by atoms with van der Waals surface area (Å²) in [5.41, 5.74) is 11.0. The van der Waals surface area contributed by atoms with Gasteiger partial charge in [0.2, 0.25) is 0 Å². The van der Waals surface area contributed by atoms with Crippen molar-refractivity contribution in [2.24, 2.45) is 9.98 Å². The second-order valence-corrected chi connectivity index (χ2v) is 11.2. The fourth-order valence-electron chi connectivity index (χ4n) is 6.21. The number of hydrogen-bond acceptors (Lipinski definition) is 4. The maximum Gasteiger partial charge on any atom is 0.159 e. The highest BCUT2D eigenvalue weighted by Gasteiger charge is 2.27. The van der Waals surface area contributed by atoms with E-state index < -0.39 is 0 Å². The Hall–Kier alpha value is -5.74. The van der Waals surface area contributed by atoms with Crippen molar-refractivity contribution in [1.82, 2.24) is 4.90 Å². The summed E-state index contributed by atoms with van der Waals surface area (Å²) in [7, 11) is 2.09. The molecular formula is C40H30N4. The monoisotopic (exact) mass is 566 g/mol. The van der Waals surface area contributed by atoms with Crippen LogP contribution in [0.15, 0.2) is 168 Å².